The van der Waals surface area contributed by atoms with Crippen molar-refractivity contribution in [2.45, 2.75) is 38.5 Å². The molecule has 28 heavy (non-hydrogen) atoms. The zero-order valence-electron chi connectivity index (χ0n) is 16.1. The molecule has 4 rings (SSSR count). The average Bonchev–Trinajstić information content (AvgIpc) is 3.05. The third-order valence-electron chi connectivity index (χ3n) is 5.79. The van der Waals surface area contributed by atoms with Crippen LogP contribution in [0.2, 0.25) is 0 Å². The maximum atomic E-state index is 11.1. The van der Waals surface area contributed by atoms with Crippen LogP contribution in [0.1, 0.15) is 25.3 Å². The van der Waals surface area contributed by atoms with Crippen molar-refractivity contribution < 1.29 is 9.90 Å². The number of aliphatic hydroxyl groups is 1. The number of aliphatic hydroxyl groups excluding tert-OH is 1. The van der Waals surface area contributed by atoms with E-state index in [9.17, 15) is 9.90 Å². The molecule has 1 aliphatic carbocycles. The van der Waals surface area contributed by atoms with Crippen molar-refractivity contribution in [1.82, 2.24) is 14.9 Å². The fourth-order valence-electron chi connectivity index (χ4n) is 4.53. The summed E-state index contributed by atoms with van der Waals surface area (Å²) >= 11 is 0. The molecule has 0 spiro atoms. The summed E-state index contributed by atoms with van der Waals surface area (Å²) in [7, 11) is 0. The van der Waals surface area contributed by atoms with Crippen molar-refractivity contribution in [3.63, 3.8) is 0 Å². The molecule has 1 aromatic carbocycles. The number of hydrogen-bond donors (Lipinski definition) is 3. The van der Waals surface area contributed by atoms with Gasteiger partial charge in [0.15, 0.2) is 0 Å². The molecule has 1 saturated heterocycles. The van der Waals surface area contributed by atoms with E-state index in [4.69, 9.17) is 0 Å². The topological polar surface area (TPSA) is 90.4 Å². The van der Waals surface area contributed by atoms with Crippen molar-refractivity contribution >= 4 is 17.4 Å². The maximum Gasteiger partial charge on any atom is 0.221 e. The van der Waals surface area contributed by atoms with Crippen molar-refractivity contribution in [2.75, 3.05) is 23.7 Å². The first-order valence-electron chi connectivity index (χ1n) is 9.86. The second-order valence-corrected chi connectivity index (χ2v) is 7.97. The predicted molar refractivity (Wildman–Crippen MR) is 108 cm³/mol. The first-order chi connectivity index (χ1) is 13.6. The lowest BCUT2D eigenvalue weighted by Crippen LogP contribution is -2.43. The number of hydrogen-bond acceptors (Lipinski definition) is 6. The number of fused-ring (bicyclic) bond motifs is 1. The van der Waals surface area contributed by atoms with Gasteiger partial charge in [0.05, 0.1) is 18.3 Å². The number of likely N-dealkylation sites (tertiary alicyclic amines) is 1. The average molecular weight is 381 g/mol. The van der Waals surface area contributed by atoms with Gasteiger partial charge in [-0.05, 0) is 42.4 Å². The number of anilines is 2. The van der Waals surface area contributed by atoms with Gasteiger partial charge in [-0.1, -0.05) is 12.1 Å². The third kappa shape index (κ3) is 4.48. The van der Waals surface area contributed by atoms with Crippen molar-refractivity contribution in [3.05, 3.63) is 48.4 Å². The minimum atomic E-state index is -0.361. The number of nitrogens with one attached hydrogen (secondary N) is 2. The summed E-state index contributed by atoms with van der Waals surface area (Å²) < 4.78 is 0. The second-order valence-electron chi connectivity index (χ2n) is 7.97. The van der Waals surface area contributed by atoms with E-state index in [0.717, 1.165) is 44.0 Å². The molecule has 1 saturated carbocycles. The van der Waals surface area contributed by atoms with Gasteiger partial charge in [0, 0.05) is 44.6 Å². The highest BCUT2D eigenvalue weighted by atomic mass is 16.3. The number of carbonyl (C=O) groups excluding carboxylic acids is 1. The van der Waals surface area contributed by atoms with E-state index in [0.29, 0.717) is 11.8 Å². The van der Waals surface area contributed by atoms with Gasteiger partial charge in [0.2, 0.25) is 5.91 Å². The number of benzene rings is 1. The van der Waals surface area contributed by atoms with Gasteiger partial charge < -0.3 is 15.7 Å². The molecule has 2 aliphatic rings. The molecule has 0 unspecified atom stereocenters. The van der Waals surface area contributed by atoms with E-state index in [1.165, 1.54) is 12.5 Å². The maximum absolute atomic E-state index is 11.1. The van der Waals surface area contributed by atoms with Crippen LogP contribution in [0.5, 0.6) is 0 Å². The lowest BCUT2D eigenvalue weighted by Gasteiger charge is -2.35. The Kier molecular flexibility index (Phi) is 5.54. The third-order valence-corrected chi connectivity index (χ3v) is 5.79. The number of carbonyl (C=O) groups is 1. The van der Waals surface area contributed by atoms with Crippen molar-refractivity contribution in [1.29, 1.82) is 0 Å². The molecule has 1 amide bonds. The molecule has 1 aliphatic heterocycles. The van der Waals surface area contributed by atoms with E-state index < -0.39 is 0 Å². The molecule has 0 radical (unpaired) electrons. The van der Waals surface area contributed by atoms with Crippen LogP contribution in [0, 0.1) is 11.8 Å². The standard InChI is InChI=1S/C21H27N5O2/c1-14(27)24-18-4-2-15(3-5-18)11-26-12-16-8-19(20(28)9-17(16)13-26)25-21-10-22-6-7-23-21/h2-7,10,16-17,19-20,28H,8-9,11-13H2,1H3,(H,23,25)(H,24,27)/t16-,17+,19-,20-/m1/s1. The summed E-state index contributed by atoms with van der Waals surface area (Å²) in [5.41, 5.74) is 2.06. The van der Waals surface area contributed by atoms with Gasteiger partial charge in [0.1, 0.15) is 5.82 Å². The molecule has 2 heterocycles. The van der Waals surface area contributed by atoms with Crippen LogP contribution in [0.15, 0.2) is 42.9 Å². The van der Waals surface area contributed by atoms with Crippen LogP contribution >= 0.6 is 0 Å². The highest BCUT2D eigenvalue weighted by Gasteiger charge is 2.41. The normalized spacial score (nSPS) is 27.2. The lowest BCUT2D eigenvalue weighted by molar-refractivity contribution is -0.114. The Morgan fingerprint density at radius 2 is 1.93 bits per heavy atom. The van der Waals surface area contributed by atoms with Crippen LogP contribution in [-0.2, 0) is 11.3 Å². The van der Waals surface area contributed by atoms with Crippen molar-refractivity contribution in [3.8, 4) is 0 Å². The molecule has 7 nitrogen and oxygen atoms in total. The van der Waals surface area contributed by atoms with Crippen LogP contribution in [0.25, 0.3) is 0 Å². The first kappa shape index (κ1) is 18.8. The fraction of sp³-hybridized carbons (Fsp3) is 0.476. The molecular weight excluding hydrogens is 354 g/mol. The van der Waals surface area contributed by atoms with Gasteiger partial charge in [0.25, 0.3) is 0 Å². The second kappa shape index (κ2) is 8.24. The lowest BCUT2D eigenvalue weighted by atomic mass is 9.77. The Bertz CT molecular complexity index is 798. The Labute approximate surface area is 165 Å². The zero-order chi connectivity index (χ0) is 19.5. The summed E-state index contributed by atoms with van der Waals surface area (Å²) in [4.78, 5) is 22.0. The Morgan fingerprint density at radius 3 is 2.61 bits per heavy atom. The van der Waals surface area contributed by atoms with Gasteiger partial charge >= 0.3 is 0 Å². The molecular formula is C21H27N5O2. The quantitative estimate of drug-likeness (QED) is 0.735. The fourth-order valence-corrected chi connectivity index (χ4v) is 4.53. The molecule has 2 fully saturated rings. The van der Waals surface area contributed by atoms with Gasteiger partial charge in [-0.15, -0.1) is 0 Å². The molecule has 148 valence electrons. The molecule has 4 atom stereocenters. The van der Waals surface area contributed by atoms with E-state index in [1.807, 2.05) is 12.1 Å². The van der Waals surface area contributed by atoms with Gasteiger partial charge in [-0.2, -0.15) is 0 Å². The van der Waals surface area contributed by atoms with Crippen LogP contribution in [-0.4, -0.2) is 51.1 Å². The summed E-state index contributed by atoms with van der Waals surface area (Å²) in [6.45, 7) is 4.48. The Hall–Kier alpha value is -2.51. The van der Waals surface area contributed by atoms with E-state index >= 15 is 0 Å². The highest BCUT2D eigenvalue weighted by molar-refractivity contribution is 5.88. The Morgan fingerprint density at radius 1 is 1.18 bits per heavy atom. The monoisotopic (exact) mass is 381 g/mol. The highest BCUT2D eigenvalue weighted by Crippen LogP contribution is 2.38. The molecule has 1 aromatic heterocycles. The largest absolute Gasteiger partial charge is 0.391 e. The van der Waals surface area contributed by atoms with E-state index in [-0.39, 0.29) is 18.1 Å². The van der Waals surface area contributed by atoms with Crippen LogP contribution in [0.3, 0.4) is 0 Å². The summed E-state index contributed by atoms with van der Waals surface area (Å²) in [6.07, 6.45) is 6.41. The molecule has 0 bridgehead atoms. The van der Waals surface area contributed by atoms with Gasteiger partial charge in [-0.25, -0.2) is 4.98 Å². The number of rotatable bonds is 5. The minimum Gasteiger partial charge on any atom is -0.391 e. The zero-order valence-corrected chi connectivity index (χ0v) is 16.1. The van der Waals surface area contributed by atoms with Crippen LogP contribution in [0.4, 0.5) is 11.5 Å². The number of aromatic nitrogens is 2. The SMILES string of the molecule is CC(=O)Nc1ccc(CN2C[C@H]3C[C@@H](Nc4cnccn4)[C@H](O)C[C@H]3C2)cc1. The number of amides is 1. The molecule has 3 N–H and O–H groups in total. The van der Waals surface area contributed by atoms with Crippen molar-refractivity contribution in [2.24, 2.45) is 11.8 Å². The minimum absolute atomic E-state index is 0.0230. The summed E-state index contributed by atoms with van der Waals surface area (Å²) in [6, 6.07) is 8.06. The summed E-state index contributed by atoms with van der Waals surface area (Å²) in [5.74, 6) is 1.78. The molecule has 7 heteroatoms. The Balaban J connectivity index is 1.33. The van der Waals surface area contributed by atoms with E-state index in [1.54, 1.807) is 18.6 Å². The first-order valence-corrected chi connectivity index (χ1v) is 9.86. The summed E-state index contributed by atoms with van der Waals surface area (Å²) in [5, 5.41) is 16.7. The molecule has 2 aromatic rings. The predicted octanol–water partition coefficient (Wildman–Crippen LogP) is 2.12. The van der Waals surface area contributed by atoms with Crippen LogP contribution < -0.4 is 10.6 Å². The van der Waals surface area contributed by atoms with E-state index in [2.05, 4.69) is 37.6 Å². The number of nitrogens with zero attached hydrogens (tertiary/aromatic N) is 3. The smallest absolute Gasteiger partial charge is 0.221 e. The van der Waals surface area contributed by atoms with Gasteiger partial charge in [-0.3, -0.25) is 14.7 Å².